The largest absolute Gasteiger partial charge is 0.452 e. The highest BCUT2D eigenvalue weighted by molar-refractivity contribution is 6.31. The fourth-order valence-corrected chi connectivity index (χ4v) is 1.37. The van der Waals surface area contributed by atoms with Crippen LogP contribution in [0, 0.1) is 0 Å². The van der Waals surface area contributed by atoms with E-state index in [1.807, 2.05) is 0 Å². The van der Waals surface area contributed by atoms with E-state index in [1.54, 1.807) is 19.2 Å². The third kappa shape index (κ3) is 1.65. The van der Waals surface area contributed by atoms with Crippen molar-refractivity contribution in [3.63, 3.8) is 0 Å². The molecule has 3 nitrogen and oxygen atoms in total. The van der Waals surface area contributed by atoms with Gasteiger partial charge in [0.2, 0.25) is 11.1 Å². The van der Waals surface area contributed by atoms with Crippen LogP contribution in [0.4, 0.5) is 0 Å². The van der Waals surface area contributed by atoms with Crippen molar-refractivity contribution in [2.24, 2.45) is 0 Å². The van der Waals surface area contributed by atoms with Gasteiger partial charge in [0, 0.05) is 0 Å². The summed E-state index contributed by atoms with van der Waals surface area (Å²) in [5, 5.41) is 0.0318. The topological polar surface area (TPSA) is 39.2 Å². The molecule has 0 N–H and O–H groups in total. The summed E-state index contributed by atoms with van der Waals surface area (Å²) >= 11 is 11.6. The second kappa shape index (κ2) is 3.67. The lowest BCUT2D eigenvalue weighted by atomic mass is 10.3. The smallest absolute Gasteiger partial charge is 0.212 e. The Morgan fingerprint density at radius 2 is 2.29 bits per heavy atom. The van der Waals surface area contributed by atoms with Crippen LogP contribution < -0.4 is 0 Å². The Balaban J connectivity index is 2.39. The SMILES string of the molecule is CC(Cl)c1ncc(-c2ccoc2Cl)o1. The number of hydrogen-bond acceptors (Lipinski definition) is 3. The minimum Gasteiger partial charge on any atom is -0.452 e. The summed E-state index contributed by atoms with van der Waals surface area (Å²) < 4.78 is 10.3. The molecule has 0 amide bonds. The number of alkyl halides is 1. The minimum absolute atomic E-state index is 0.255. The predicted octanol–water partition coefficient (Wildman–Crippen LogP) is 3.89. The molecule has 0 bridgehead atoms. The lowest BCUT2D eigenvalue weighted by Gasteiger charge is -1.94. The summed E-state index contributed by atoms with van der Waals surface area (Å²) in [5.74, 6) is 1.03. The van der Waals surface area contributed by atoms with Crippen LogP contribution in [-0.4, -0.2) is 4.98 Å². The van der Waals surface area contributed by atoms with Crippen LogP contribution in [0.2, 0.25) is 5.22 Å². The third-order valence-corrected chi connectivity index (χ3v) is 2.23. The lowest BCUT2D eigenvalue weighted by molar-refractivity contribution is 0.506. The third-order valence-electron chi connectivity index (χ3n) is 1.75. The first-order valence-corrected chi connectivity index (χ1v) is 4.83. The maximum Gasteiger partial charge on any atom is 0.212 e. The first kappa shape index (κ1) is 9.62. The van der Waals surface area contributed by atoms with E-state index < -0.39 is 0 Å². The molecule has 0 saturated carbocycles. The molecule has 0 aliphatic carbocycles. The van der Waals surface area contributed by atoms with E-state index in [1.165, 1.54) is 6.26 Å². The van der Waals surface area contributed by atoms with Crippen LogP contribution in [-0.2, 0) is 0 Å². The van der Waals surface area contributed by atoms with Crippen molar-refractivity contribution >= 4 is 23.2 Å². The average Bonchev–Trinajstić information content (AvgIpc) is 2.71. The summed E-state index contributed by atoms with van der Waals surface area (Å²) in [6.07, 6.45) is 3.06. The van der Waals surface area contributed by atoms with Gasteiger partial charge in [-0.1, -0.05) is 0 Å². The van der Waals surface area contributed by atoms with E-state index >= 15 is 0 Å². The normalized spacial score (nSPS) is 13.1. The Hall–Kier alpha value is -0.930. The number of oxazole rings is 1. The molecule has 0 spiro atoms. The van der Waals surface area contributed by atoms with Gasteiger partial charge >= 0.3 is 0 Å². The molecule has 0 aliphatic rings. The van der Waals surface area contributed by atoms with Gasteiger partial charge < -0.3 is 8.83 Å². The molecule has 2 aromatic rings. The summed E-state index contributed by atoms with van der Waals surface area (Å²) in [6.45, 7) is 1.79. The molecule has 1 atom stereocenters. The Morgan fingerprint density at radius 1 is 1.50 bits per heavy atom. The zero-order chi connectivity index (χ0) is 10.1. The van der Waals surface area contributed by atoms with Crippen molar-refractivity contribution in [3.8, 4) is 11.3 Å². The fourth-order valence-electron chi connectivity index (χ4n) is 1.07. The molecule has 0 aliphatic heterocycles. The first-order chi connectivity index (χ1) is 6.68. The molecule has 0 aromatic carbocycles. The van der Waals surface area contributed by atoms with Gasteiger partial charge in [-0.2, -0.15) is 0 Å². The van der Waals surface area contributed by atoms with E-state index in [0.29, 0.717) is 17.2 Å². The molecule has 14 heavy (non-hydrogen) atoms. The van der Waals surface area contributed by atoms with Crippen LogP contribution in [0.1, 0.15) is 18.2 Å². The Morgan fingerprint density at radius 3 is 2.79 bits per heavy atom. The zero-order valence-corrected chi connectivity index (χ0v) is 8.84. The standard InChI is InChI=1S/C9H7Cl2NO2/c1-5(10)9-12-4-7(14-9)6-2-3-13-8(6)11/h2-5H,1H3. The van der Waals surface area contributed by atoms with Crippen LogP contribution in [0.5, 0.6) is 0 Å². The molecule has 0 saturated heterocycles. The molecule has 2 rings (SSSR count). The van der Waals surface area contributed by atoms with E-state index in [2.05, 4.69) is 4.98 Å². The molecular formula is C9H7Cl2NO2. The maximum absolute atomic E-state index is 5.80. The molecule has 0 fully saturated rings. The molecule has 1 unspecified atom stereocenters. The summed E-state index contributed by atoms with van der Waals surface area (Å²) in [4.78, 5) is 4.01. The van der Waals surface area contributed by atoms with E-state index in [9.17, 15) is 0 Å². The summed E-state index contributed by atoms with van der Waals surface area (Å²) in [7, 11) is 0. The highest BCUT2D eigenvalue weighted by atomic mass is 35.5. The predicted molar refractivity (Wildman–Crippen MR) is 53.5 cm³/mol. The van der Waals surface area contributed by atoms with Crippen LogP contribution in [0.25, 0.3) is 11.3 Å². The van der Waals surface area contributed by atoms with E-state index in [-0.39, 0.29) is 10.6 Å². The molecule has 5 heteroatoms. The first-order valence-electron chi connectivity index (χ1n) is 4.01. The van der Waals surface area contributed by atoms with Crippen molar-refractivity contribution in [2.75, 3.05) is 0 Å². The maximum atomic E-state index is 5.80. The molecule has 0 radical (unpaired) electrons. The Labute approximate surface area is 90.6 Å². The van der Waals surface area contributed by atoms with Gasteiger partial charge in [0.15, 0.2) is 5.76 Å². The van der Waals surface area contributed by atoms with Gasteiger partial charge in [-0.3, -0.25) is 0 Å². The molecule has 2 heterocycles. The minimum atomic E-state index is -0.255. The van der Waals surface area contributed by atoms with Gasteiger partial charge in [0.1, 0.15) is 5.38 Å². The van der Waals surface area contributed by atoms with Crippen molar-refractivity contribution in [1.82, 2.24) is 4.98 Å². The summed E-state index contributed by atoms with van der Waals surface area (Å²) in [5.41, 5.74) is 0.683. The number of nitrogens with zero attached hydrogens (tertiary/aromatic N) is 1. The van der Waals surface area contributed by atoms with Crippen molar-refractivity contribution in [1.29, 1.82) is 0 Å². The van der Waals surface area contributed by atoms with Crippen molar-refractivity contribution < 1.29 is 8.83 Å². The number of furan rings is 1. The fraction of sp³-hybridized carbons (Fsp3) is 0.222. The van der Waals surface area contributed by atoms with Gasteiger partial charge in [0.05, 0.1) is 18.0 Å². The Kier molecular flexibility index (Phi) is 2.52. The number of hydrogen-bond donors (Lipinski definition) is 0. The van der Waals surface area contributed by atoms with Crippen LogP contribution in [0.3, 0.4) is 0 Å². The molecule has 74 valence electrons. The highest BCUT2D eigenvalue weighted by Gasteiger charge is 2.14. The quantitative estimate of drug-likeness (QED) is 0.737. The number of halogens is 2. The lowest BCUT2D eigenvalue weighted by Crippen LogP contribution is -1.80. The van der Waals surface area contributed by atoms with Crippen LogP contribution in [0.15, 0.2) is 27.4 Å². The second-order valence-electron chi connectivity index (χ2n) is 2.79. The van der Waals surface area contributed by atoms with Gasteiger partial charge in [-0.15, -0.1) is 11.6 Å². The average molecular weight is 232 g/mol. The Bertz CT molecular complexity index is 433. The van der Waals surface area contributed by atoms with Gasteiger partial charge in [-0.25, -0.2) is 4.98 Å². The highest BCUT2D eigenvalue weighted by Crippen LogP contribution is 2.31. The molecule has 2 aromatic heterocycles. The van der Waals surface area contributed by atoms with Gasteiger partial charge in [-0.05, 0) is 24.6 Å². The molecular weight excluding hydrogens is 225 g/mol. The number of rotatable bonds is 2. The number of aromatic nitrogens is 1. The van der Waals surface area contributed by atoms with Crippen molar-refractivity contribution in [2.45, 2.75) is 12.3 Å². The van der Waals surface area contributed by atoms with E-state index in [4.69, 9.17) is 32.0 Å². The second-order valence-corrected chi connectivity index (χ2v) is 3.78. The van der Waals surface area contributed by atoms with Gasteiger partial charge in [0.25, 0.3) is 0 Å². The monoisotopic (exact) mass is 231 g/mol. The zero-order valence-electron chi connectivity index (χ0n) is 7.33. The van der Waals surface area contributed by atoms with Crippen molar-refractivity contribution in [3.05, 3.63) is 29.6 Å². The van der Waals surface area contributed by atoms with Crippen LogP contribution >= 0.6 is 23.2 Å². The summed E-state index contributed by atoms with van der Waals surface area (Å²) in [6, 6.07) is 1.71. The van der Waals surface area contributed by atoms with E-state index in [0.717, 1.165) is 0 Å².